The second-order valence-corrected chi connectivity index (χ2v) is 15.4. The quantitative estimate of drug-likeness (QED) is 0.228. The van der Waals surface area contributed by atoms with E-state index < -0.39 is 41.6 Å². The summed E-state index contributed by atoms with van der Waals surface area (Å²) in [5, 5.41) is 28.7. The molecule has 11 nitrogen and oxygen atoms in total. The number of hydrogen-bond acceptors (Lipinski definition) is 9. The van der Waals surface area contributed by atoms with Crippen LogP contribution in [0.15, 0.2) is 71.4 Å². The van der Waals surface area contributed by atoms with Gasteiger partial charge in [-0.05, 0) is 80.4 Å². The van der Waals surface area contributed by atoms with Crippen LogP contribution in [0.1, 0.15) is 72.3 Å². The number of urea groups is 1. The second-order valence-electron chi connectivity index (χ2n) is 15.4. The van der Waals surface area contributed by atoms with Crippen molar-refractivity contribution in [3.8, 4) is 0 Å². The summed E-state index contributed by atoms with van der Waals surface area (Å²) >= 11 is 0. The molecule has 4 heterocycles. The highest BCUT2D eigenvalue weighted by molar-refractivity contribution is 5.88. The zero-order valence-electron chi connectivity index (χ0n) is 31.3. The van der Waals surface area contributed by atoms with Crippen molar-refractivity contribution < 1.29 is 43.5 Å². The van der Waals surface area contributed by atoms with Crippen molar-refractivity contribution in [1.82, 2.24) is 5.32 Å². The Balaban J connectivity index is 1.29. The average molecular weight is 721 g/mol. The largest absolute Gasteiger partial charge is 0.462 e. The fraction of sp³-hybridized carbons (Fsp3) is 0.610. The van der Waals surface area contributed by atoms with E-state index in [1.807, 2.05) is 36.4 Å². The van der Waals surface area contributed by atoms with Crippen LogP contribution < -0.4 is 10.6 Å². The van der Waals surface area contributed by atoms with Gasteiger partial charge in [-0.25, -0.2) is 4.79 Å². The zero-order chi connectivity index (χ0) is 37.2. The number of fused-ring (bicyclic) bond motifs is 2. The monoisotopic (exact) mass is 720 g/mol. The first kappa shape index (κ1) is 38.4. The van der Waals surface area contributed by atoms with Crippen LogP contribution in [0.4, 0.5) is 10.5 Å². The van der Waals surface area contributed by atoms with Crippen LogP contribution in [0.2, 0.25) is 0 Å². The zero-order valence-corrected chi connectivity index (χ0v) is 31.3. The number of amides is 2. The highest BCUT2D eigenvalue weighted by atomic mass is 16.7. The van der Waals surface area contributed by atoms with E-state index in [2.05, 4.69) is 44.4 Å². The van der Waals surface area contributed by atoms with E-state index >= 15 is 0 Å². The van der Waals surface area contributed by atoms with Gasteiger partial charge in [0.15, 0.2) is 5.79 Å². The van der Waals surface area contributed by atoms with Crippen molar-refractivity contribution in [2.24, 2.45) is 17.8 Å². The van der Waals surface area contributed by atoms with Crippen LogP contribution in [0, 0.1) is 17.8 Å². The SMILES string of the molecule is CNC(=O)Nc1ccc(CCO[C@H]2/C(C)=C/C[C@@H]3C[C@@H](C[C@]4(CC[C@H](C)[C@@H](C)O4)O3)OC(=O)[C@@H]3C=C(C)[C@@H](O)[C@H]4OC/C(=C\C=C\[C@@H]2C)[C@]43O)cc1. The summed E-state index contributed by atoms with van der Waals surface area (Å²) in [6.45, 7) is 10.7. The topological polar surface area (TPSA) is 145 Å². The molecule has 0 aromatic heterocycles. The lowest BCUT2D eigenvalue weighted by molar-refractivity contribution is -0.332. The first-order valence-electron chi connectivity index (χ1n) is 18.8. The van der Waals surface area contributed by atoms with Gasteiger partial charge in [0.25, 0.3) is 0 Å². The lowest BCUT2D eigenvalue weighted by atomic mass is 9.71. The third kappa shape index (κ3) is 8.10. The van der Waals surface area contributed by atoms with E-state index in [-0.39, 0.29) is 36.9 Å². The van der Waals surface area contributed by atoms with Gasteiger partial charge in [-0.3, -0.25) is 4.79 Å². The number of allylic oxidation sites excluding steroid dienone is 2. The van der Waals surface area contributed by atoms with Crippen LogP contribution >= 0.6 is 0 Å². The van der Waals surface area contributed by atoms with Gasteiger partial charge in [0, 0.05) is 37.9 Å². The van der Waals surface area contributed by atoms with Crippen LogP contribution in [0.3, 0.4) is 0 Å². The number of esters is 1. The Morgan fingerprint density at radius 2 is 1.85 bits per heavy atom. The molecule has 3 saturated heterocycles. The molecule has 0 saturated carbocycles. The number of aliphatic hydroxyl groups is 2. The maximum absolute atomic E-state index is 14.1. The lowest BCUT2D eigenvalue weighted by Crippen LogP contribution is -2.58. The Bertz CT molecular complexity index is 1590. The van der Waals surface area contributed by atoms with Gasteiger partial charge in [-0.1, -0.05) is 56.4 Å². The van der Waals surface area contributed by atoms with E-state index in [1.165, 1.54) is 0 Å². The molecule has 0 radical (unpaired) electrons. The summed E-state index contributed by atoms with van der Waals surface area (Å²) in [6.07, 6.45) is 10.2. The second kappa shape index (κ2) is 16.0. The van der Waals surface area contributed by atoms with Crippen LogP contribution in [0.25, 0.3) is 0 Å². The number of nitrogens with one attached hydrogen (secondary N) is 2. The predicted molar refractivity (Wildman–Crippen MR) is 196 cm³/mol. The highest BCUT2D eigenvalue weighted by Crippen LogP contribution is 2.47. The van der Waals surface area contributed by atoms with Crippen LogP contribution in [0.5, 0.6) is 0 Å². The van der Waals surface area contributed by atoms with E-state index in [9.17, 15) is 19.8 Å². The molecule has 1 aromatic rings. The number of rotatable bonds is 5. The molecule has 1 aromatic carbocycles. The number of aliphatic hydroxyl groups excluding tert-OH is 1. The maximum Gasteiger partial charge on any atom is 0.318 e. The molecule has 1 spiro atoms. The maximum atomic E-state index is 14.1. The molecule has 6 rings (SSSR count). The fourth-order valence-corrected chi connectivity index (χ4v) is 8.33. The number of anilines is 1. The molecule has 2 amide bonds. The molecule has 1 aliphatic carbocycles. The van der Waals surface area contributed by atoms with E-state index in [0.717, 1.165) is 17.6 Å². The molecule has 284 valence electrons. The van der Waals surface area contributed by atoms with E-state index in [4.69, 9.17) is 23.7 Å². The van der Waals surface area contributed by atoms with Crippen molar-refractivity contribution >= 4 is 17.7 Å². The average Bonchev–Trinajstić information content (AvgIpc) is 3.45. The lowest BCUT2D eigenvalue weighted by Gasteiger charge is -2.49. The van der Waals surface area contributed by atoms with Gasteiger partial charge in [-0.15, -0.1) is 0 Å². The van der Waals surface area contributed by atoms with Gasteiger partial charge in [0.05, 0.1) is 31.5 Å². The number of hydrogen-bond donors (Lipinski definition) is 4. The first-order valence-corrected chi connectivity index (χ1v) is 18.8. The molecular formula is C41H56N2O9. The number of carbonyl (C=O) groups excluding carboxylic acids is 2. The summed E-state index contributed by atoms with van der Waals surface area (Å²) in [5.74, 6) is -2.14. The minimum atomic E-state index is -1.77. The molecule has 5 aliphatic rings. The van der Waals surface area contributed by atoms with Gasteiger partial charge in [0.2, 0.25) is 0 Å². The highest BCUT2D eigenvalue weighted by Gasteiger charge is 2.60. The minimum absolute atomic E-state index is 0.0112. The molecule has 11 atom stereocenters. The van der Waals surface area contributed by atoms with Crippen molar-refractivity contribution in [3.63, 3.8) is 0 Å². The van der Waals surface area contributed by atoms with Crippen molar-refractivity contribution in [2.45, 2.75) is 121 Å². The minimum Gasteiger partial charge on any atom is -0.462 e. The number of benzene rings is 1. The summed E-state index contributed by atoms with van der Waals surface area (Å²) in [7, 11) is 1.58. The summed E-state index contributed by atoms with van der Waals surface area (Å²) in [4.78, 5) is 25.8. The van der Waals surface area contributed by atoms with Gasteiger partial charge in [0.1, 0.15) is 29.8 Å². The smallest absolute Gasteiger partial charge is 0.318 e. The summed E-state index contributed by atoms with van der Waals surface area (Å²) in [6, 6.07) is 7.44. The molecule has 2 bridgehead atoms. The third-order valence-corrected chi connectivity index (χ3v) is 11.7. The molecule has 11 heteroatoms. The van der Waals surface area contributed by atoms with Crippen molar-refractivity contribution in [3.05, 3.63) is 76.9 Å². The third-order valence-electron chi connectivity index (χ3n) is 11.7. The molecule has 4 N–H and O–H groups in total. The van der Waals surface area contributed by atoms with Gasteiger partial charge in [-0.2, -0.15) is 0 Å². The normalized spacial score (nSPS) is 40.7. The summed E-state index contributed by atoms with van der Waals surface area (Å²) in [5.41, 5.74) is 2.16. The standard InChI is InChI=1S/C41H56N2O9/c1-24-16-18-40(51-28(24)5)22-33-21-32(52-40)15-10-26(3)36(48-19-17-29-11-13-31(14-12-29)43-39(46)42-6)25(2)8-7-9-30-23-49-37-35(44)27(4)20-34(38(45)50-33)41(30,37)47/h7-14,20,24-25,28,32-37,44,47H,15-19,21-23H2,1-6H3,(H2,42,43,46)/b8-7+,26-10+,30-9+/t24-,25-,28+,32+,33-,34-,35+,36+,37+,40-,41+/m0/s1. The van der Waals surface area contributed by atoms with Crippen LogP contribution in [-0.2, 0) is 34.9 Å². The van der Waals surface area contributed by atoms with Crippen molar-refractivity contribution in [1.29, 1.82) is 0 Å². The number of carbonyl (C=O) groups is 2. The summed E-state index contributed by atoms with van der Waals surface area (Å²) < 4.78 is 32.2. The Morgan fingerprint density at radius 3 is 2.58 bits per heavy atom. The fourth-order valence-electron chi connectivity index (χ4n) is 8.33. The van der Waals surface area contributed by atoms with Crippen molar-refractivity contribution in [2.75, 3.05) is 25.6 Å². The van der Waals surface area contributed by atoms with Gasteiger partial charge >= 0.3 is 12.0 Å². The Hall–Kier alpha value is -3.32. The van der Waals surface area contributed by atoms with Crippen LogP contribution in [-0.4, -0.2) is 90.5 Å². The number of ether oxygens (including phenoxy) is 5. The predicted octanol–water partition coefficient (Wildman–Crippen LogP) is 5.52. The Morgan fingerprint density at radius 1 is 1.08 bits per heavy atom. The molecule has 3 fully saturated rings. The molecule has 0 unspecified atom stereocenters. The Labute approximate surface area is 307 Å². The van der Waals surface area contributed by atoms with E-state index in [0.29, 0.717) is 61.5 Å². The molecular weight excluding hydrogens is 664 g/mol. The molecule has 4 aliphatic heterocycles. The first-order chi connectivity index (χ1) is 24.8. The molecule has 52 heavy (non-hydrogen) atoms. The Kier molecular flexibility index (Phi) is 11.8. The van der Waals surface area contributed by atoms with E-state index in [1.54, 1.807) is 26.1 Å². The van der Waals surface area contributed by atoms with Gasteiger partial charge < -0.3 is 44.5 Å².